The lowest BCUT2D eigenvalue weighted by molar-refractivity contribution is -0.116. The van der Waals surface area contributed by atoms with Gasteiger partial charge in [0.2, 0.25) is 5.91 Å². The fourth-order valence-corrected chi connectivity index (χ4v) is 2.35. The van der Waals surface area contributed by atoms with Gasteiger partial charge in [-0.05, 0) is 37.3 Å². The van der Waals surface area contributed by atoms with E-state index in [2.05, 4.69) is 10.3 Å². The van der Waals surface area contributed by atoms with E-state index in [4.69, 9.17) is 15.2 Å². The molecule has 0 fully saturated rings. The molecule has 8 heteroatoms. The van der Waals surface area contributed by atoms with Crippen LogP contribution in [0.4, 0.5) is 5.82 Å². The van der Waals surface area contributed by atoms with Gasteiger partial charge in [-0.3, -0.25) is 4.79 Å². The molecule has 2 heterocycles. The quantitative estimate of drug-likeness (QED) is 0.844. The minimum absolute atomic E-state index is 0. The number of nitrogens with two attached hydrogens (primary N) is 1. The summed E-state index contributed by atoms with van der Waals surface area (Å²) in [5.74, 6) is 1.80. The second-order valence-corrected chi connectivity index (χ2v) is 5.50. The SMILES string of the molecule is CC(N)CC(=O)Nc1cccc(-c2ccc3c(c2)OCCO3)n1.Cl.Cl. The average molecular weight is 386 g/mol. The standard InChI is InChI=1S/C17H19N3O3.2ClH/c1-11(18)9-17(21)20-16-4-2-3-13(19-16)12-5-6-14-15(10-12)23-8-7-22-14;;/h2-6,10-11H,7-9,18H2,1H3,(H,19,20,21);2*1H. The zero-order valence-electron chi connectivity index (χ0n) is 13.7. The number of carbonyl (C=O) groups is 1. The number of aromatic nitrogens is 1. The summed E-state index contributed by atoms with van der Waals surface area (Å²) in [5, 5.41) is 2.76. The third-order valence-corrected chi connectivity index (χ3v) is 3.36. The molecule has 3 rings (SSSR count). The maximum absolute atomic E-state index is 11.8. The number of hydrogen-bond donors (Lipinski definition) is 2. The van der Waals surface area contributed by atoms with Crippen LogP contribution in [0.2, 0.25) is 0 Å². The highest BCUT2D eigenvalue weighted by Gasteiger charge is 2.13. The van der Waals surface area contributed by atoms with Gasteiger partial charge in [-0.15, -0.1) is 24.8 Å². The van der Waals surface area contributed by atoms with Gasteiger partial charge in [0.05, 0.1) is 5.69 Å². The highest BCUT2D eigenvalue weighted by atomic mass is 35.5. The van der Waals surface area contributed by atoms with Crippen LogP contribution in [0.3, 0.4) is 0 Å². The minimum atomic E-state index is -0.184. The third kappa shape index (κ3) is 5.49. The summed E-state index contributed by atoms with van der Waals surface area (Å²) < 4.78 is 11.1. The third-order valence-electron chi connectivity index (χ3n) is 3.36. The summed E-state index contributed by atoms with van der Waals surface area (Å²) in [6.07, 6.45) is 0.260. The first-order chi connectivity index (χ1) is 11.1. The predicted molar refractivity (Wildman–Crippen MR) is 102 cm³/mol. The van der Waals surface area contributed by atoms with E-state index < -0.39 is 0 Å². The molecule has 1 aliphatic rings. The van der Waals surface area contributed by atoms with Crippen molar-refractivity contribution in [2.45, 2.75) is 19.4 Å². The highest BCUT2D eigenvalue weighted by Crippen LogP contribution is 2.34. The van der Waals surface area contributed by atoms with E-state index in [1.165, 1.54) is 0 Å². The number of benzene rings is 1. The van der Waals surface area contributed by atoms with Crippen LogP contribution in [0.1, 0.15) is 13.3 Å². The van der Waals surface area contributed by atoms with Crippen LogP contribution in [0.5, 0.6) is 11.5 Å². The van der Waals surface area contributed by atoms with Crippen molar-refractivity contribution in [2.24, 2.45) is 5.73 Å². The number of rotatable bonds is 4. The van der Waals surface area contributed by atoms with Gasteiger partial charge in [-0.25, -0.2) is 4.98 Å². The maximum atomic E-state index is 11.8. The number of hydrogen-bond acceptors (Lipinski definition) is 5. The fraction of sp³-hybridized carbons (Fsp3) is 0.294. The van der Waals surface area contributed by atoms with Crippen LogP contribution in [0.25, 0.3) is 11.3 Å². The molecule has 3 N–H and O–H groups in total. The first-order valence-corrected chi connectivity index (χ1v) is 7.54. The zero-order valence-corrected chi connectivity index (χ0v) is 15.4. The summed E-state index contributed by atoms with van der Waals surface area (Å²) in [6, 6.07) is 11.0. The fourth-order valence-electron chi connectivity index (χ4n) is 2.35. The second-order valence-electron chi connectivity index (χ2n) is 5.50. The zero-order chi connectivity index (χ0) is 16.2. The molecule has 0 saturated carbocycles. The lowest BCUT2D eigenvalue weighted by atomic mass is 10.1. The van der Waals surface area contributed by atoms with Crippen molar-refractivity contribution in [3.8, 4) is 22.8 Å². The molecular formula is C17H21Cl2N3O3. The Kier molecular flexibility index (Phi) is 7.96. The molecule has 0 aliphatic carbocycles. The molecule has 1 aliphatic heterocycles. The van der Waals surface area contributed by atoms with Crippen molar-refractivity contribution in [1.82, 2.24) is 4.98 Å². The van der Waals surface area contributed by atoms with Crippen molar-refractivity contribution in [2.75, 3.05) is 18.5 Å². The number of nitrogens with one attached hydrogen (secondary N) is 1. The van der Waals surface area contributed by atoms with E-state index in [-0.39, 0.29) is 43.2 Å². The van der Waals surface area contributed by atoms with E-state index in [0.29, 0.717) is 24.8 Å². The smallest absolute Gasteiger partial charge is 0.227 e. The molecule has 0 radical (unpaired) electrons. The maximum Gasteiger partial charge on any atom is 0.227 e. The van der Waals surface area contributed by atoms with Gasteiger partial charge < -0.3 is 20.5 Å². The highest BCUT2D eigenvalue weighted by molar-refractivity contribution is 5.90. The second kappa shape index (κ2) is 9.46. The number of fused-ring (bicyclic) bond motifs is 1. The first-order valence-electron chi connectivity index (χ1n) is 7.54. The van der Waals surface area contributed by atoms with Gasteiger partial charge in [-0.2, -0.15) is 0 Å². The lowest BCUT2D eigenvalue weighted by Gasteiger charge is -2.18. The largest absolute Gasteiger partial charge is 0.486 e. The minimum Gasteiger partial charge on any atom is -0.486 e. The van der Waals surface area contributed by atoms with Gasteiger partial charge in [0.1, 0.15) is 19.0 Å². The molecule has 25 heavy (non-hydrogen) atoms. The van der Waals surface area contributed by atoms with Crippen LogP contribution in [0, 0.1) is 0 Å². The molecule has 1 aromatic heterocycles. The summed E-state index contributed by atoms with van der Waals surface area (Å²) in [5.41, 5.74) is 7.28. The van der Waals surface area contributed by atoms with Crippen LogP contribution < -0.4 is 20.5 Å². The van der Waals surface area contributed by atoms with E-state index in [1.54, 1.807) is 13.0 Å². The Morgan fingerprint density at radius 3 is 2.64 bits per heavy atom. The Labute approximate surface area is 158 Å². The van der Waals surface area contributed by atoms with Crippen LogP contribution >= 0.6 is 24.8 Å². The summed E-state index contributed by atoms with van der Waals surface area (Å²) in [6.45, 7) is 2.89. The topological polar surface area (TPSA) is 86.5 Å². The molecule has 6 nitrogen and oxygen atoms in total. The van der Waals surface area contributed by atoms with Crippen molar-refractivity contribution in [3.05, 3.63) is 36.4 Å². The molecule has 136 valence electrons. The monoisotopic (exact) mass is 385 g/mol. The first kappa shape index (κ1) is 21.0. The van der Waals surface area contributed by atoms with Crippen molar-refractivity contribution >= 4 is 36.5 Å². The van der Waals surface area contributed by atoms with Gasteiger partial charge in [0.25, 0.3) is 0 Å². The van der Waals surface area contributed by atoms with Gasteiger partial charge in [0, 0.05) is 18.0 Å². The molecule has 0 saturated heterocycles. The Morgan fingerprint density at radius 2 is 1.92 bits per heavy atom. The number of nitrogens with zero attached hydrogens (tertiary/aromatic N) is 1. The Hall–Kier alpha value is -2.02. The lowest BCUT2D eigenvalue weighted by Crippen LogP contribution is -2.24. The van der Waals surface area contributed by atoms with Crippen LogP contribution in [-0.2, 0) is 4.79 Å². The Balaban J connectivity index is 0.00000156. The molecule has 0 spiro atoms. The Morgan fingerprint density at radius 1 is 1.20 bits per heavy atom. The number of anilines is 1. The van der Waals surface area contributed by atoms with E-state index in [9.17, 15) is 4.79 Å². The van der Waals surface area contributed by atoms with Gasteiger partial charge in [-0.1, -0.05) is 6.07 Å². The molecule has 1 amide bonds. The number of ether oxygens (including phenoxy) is 2. The molecular weight excluding hydrogens is 365 g/mol. The summed E-state index contributed by atoms with van der Waals surface area (Å²) in [4.78, 5) is 16.3. The average Bonchev–Trinajstić information content (AvgIpc) is 2.54. The van der Waals surface area contributed by atoms with E-state index >= 15 is 0 Å². The normalized spacial score (nSPS) is 13.0. The van der Waals surface area contributed by atoms with Gasteiger partial charge >= 0.3 is 0 Å². The molecule has 1 unspecified atom stereocenters. The number of amides is 1. The van der Waals surface area contributed by atoms with Crippen molar-refractivity contribution in [3.63, 3.8) is 0 Å². The summed E-state index contributed by atoms with van der Waals surface area (Å²) in [7, 11) is 0. The van der Waals surface area contributed by atoms with Crippen LogP contribution in [-0.4, -0.2) is 30.1 Å². The van der Waals surface area contributed by atoms with Crippen LogP contribution in [0.15, 0.2) is 36.4 Å². The summed E-state index contributed by atoms with van der Waals surface area (Å²) >= 11 is 0. The van der Waals surface area contributed by atoms with Gasteiger partial charge in [0.15, 0.2) is 11.5 Å². The predicted octanol–water partition coefficient (Wildman–Crippen LogP) is 3.04. The molecule has 0 bridgehead atoms. The molecule has 1 aromatic carbocycles. The number of halogens is 2. The van der Waals surface area contributed by atoms with E-state index in [1.807, 2.05) is 30.3 Å². The van der Waals surface area contributed by atoms with Crippen molar-refractivity contribution in [1.29, 1.82) is 0 Å². The number of carbonyl (C=O) groups excluding carboxylic acids is 1. The molecule has 2 aromatic rings. The van der Waals surface area contributed by atoms with Crippen molar-refractivity contribution < 1.29 is 14.3 Å². The number of pyridine rings is 1. The Bertz CT molecular complexity index is 726. The van der Waals surface area contributed by atoms with E-state index in [0.717, 1.165) is 17.0 Å². The molecule has 1 atom stereocenters.